The van der Waals surface area contributed by atoms with Crippen LogP contribution in [0.1, 0.15) is 34.3 Å². The molecular formula is C20H21F2NO. The van der Waals surface area contributed by atoms with E-state index in [0.717, 1.165) is 11.1 Å². The lowest BCUT2D eigenvalue weighted by atomic mass is 9.99. The van der Waals surface area contributed by atoms with Gasteiger partial charge in [0.25, 0.3) is 11.8 Å². The minimum Gasteiger partial charge on any atom is -0.338 e. The molecule has 0 atom stereocenters. The lowest BCUT2D eigenvalue weighted by molar-refractivity contribution is -0.0494. The number of benzene rings is 2. The Hall–Kier alpha value is -2.23. The second kappa shape index (κ2) is 6.34. The van der Waals surface area contributed by atoms with Gasteiger partial charge in [-0.15, -0.1) is 0 Å². The zero-order valence-electron chi connectivity index (χ0n) is 14.0. The molecule has 2 nitrogen and oxygen atoms in total. The van der Waals surface area contributed by atoms with Gasteiger partial charge in [0.05, 0.1) is 0 Å². The van der Waals surface area contributed by atoms with Crippen molar-refractivity contribution < 1.29 is 13.6 Å². The topological polar surface area (TPSA) is 20.3 Å². The van der Waals surface area contributed by atoms with Crippen molar-refractivity contribution in [3.8, 4) is 11.1 Å². The predicted octanol–water partition coefficient (Wildman–Crippen LogP) is 4.84. The van der Waals surface area contributed by atoms with Gasteiger partial charge >= 0.3 is 0 Å². The first-order valence-electron chi connectivity index (χ1n) is 8.20. The molecule has 4 heteroatoms. The Balaban J connectivity index is 1.76. The lowest BCUT2D eigenvalue weighted by Crippen LogP contribution is -2.42. The van der Waals surface area contributed by atoms with Gasteiger partial charge in [-0.2, -0.15) is 0 Å². The summed E-state index contributed by atoms with van der Waals surface area (Å²) in [4.78, 5) is 14.0. The van der Waals surface area contributed by atoms with E-state index >= 15 is 0 Å². The quantitative estimate of drug-likeness (QED) is 0.772. The van der Waals surface area contributed by atoms with E-state index in [4.69, 9.17) is 0 Å². The van der Waals surface area contributed by atoms with Gasteiger partial charge in [0, 0.05) is 31.5 Å². The van der Waals surface area contributed by atoms with Crippen LogP contribution in [0.15, 0.2) is 42.5 Å². The number of piperidine rings is 1. The van der Waals surface area contributed by atoms with E-state index in [1.165, 1.54) is 16.0 Å². The van der Waals surface area contributed by atoms with Gasteiger partial charge in [0.15, 0.2) is 0 Å². The summed E-state index contributed by atoms with van der Waals surface area (Å²) in [5, 5.41) is 0. The van der Waals surface area contributed by atoms with E-state index in [-0.39, 0.29) is 31.8 Å². The number of alkyl halides is 2. The van der Waals surface area contributed by atoms with Crippen molar-refractivity contribution in [3.63, 3.8) is 0 Å². The first-order chi connectivity index (χ1) is 11.3. The smallest absolute Gasteiger partial charge is 0.253 e. The normalized spacial score (nSPS) is 16.9. The molecule has 2 aromatic carbocycles. The molecular weight excluding hydrogens is 308 g/mol. The van der Waals surface area contributed by atoms with Gasteiger partial charge < -0.3 is 4.90 Å². The fourth-order valence-electron chi connectivity index (χ4n) is 3.17. The Kier molecular flexibility index (Phi) is 4.39. The van der Waals surface area contributed by atoms with Crippen LogP contribution in [0.25, 0.3) is 11.1 Å². The largest absolute Gasteiger partial charge is 0.338 e. The van der Waals surface area contributed by atoms with Crippen molar-refractivity contribution in [1.82, 2.24) is 4.90 Å². The zero-order valence-corrected chi connectivity index (χ0v) is 14.0. The number of likely N-dealkylation sites (tertiary alicyclic amines) is 1. The monoisotopic (exact) mass is 329 g/mol. The van der Waals surface area contributed by atoms with Crippen LogP contribution in [0, 0.1) is 13.8 Å². The summed E-state index contributed by atoms with van der Waals surface area (Å²) in [5.74, 6) is -2.80. The van der Waals surface area contributed by atoms with E-state index in [1.807, 2.05) is 12.1 Å². The van der Waals surface area contributed by atoms with Crippen molar-refractivity contribution in [2.45, 2.75) is 32.6 Å². The maximum atomic E-state index is 13.2. The number of nitrogens with zero attached hydrogens (tertiary/aromatic N) is 1. The molecule has 1 fully saturated rings. The highest BCUT2D eigenvalue weighted by Gasteiger charge is 2.35. The highest BCUT2D eigenvalue weighted by atomic mass is 19.3. The van der Waals surface area contributed by atoms with E-state index in [0.29, 0.717) is 5.56 Å². The third-order valence-corrected chi connectivity index (χ3v) is 4.47. The molecule has 1 saturated heterocycles. The minimum atomic E-state index is -2.64. The third kappa shape index (κ3) is 3.64. The van der Waals surface area contributed by atoms with Crippen molar-refractivity contribution in [2.24, 2.45) is 0 Å². The average molecular weight is 329 g/mol. The summed E-state index contributed by atoms with van der Waals surface area (Å²) >= 11 is 0. The summed E-state index contributed by atoms with van der Waals surface area (Å²) in [6.45, 7) is 4.34. The van der Waals surface area contributed by atoms with Crippen LogP contribution < -0.4 is 0 Å². The van der Waals surface area contributed by atoms with E-state index < -0.39 is 5.92 Å². The summed E-state index contributed by atoms with van der Waals surface area (Å²) in [5.41, 5.74) is 5.10. The highest BCUT2D eigenvalue weighted by Crippen LogP contribution is 2.29. The number of rotatable bonds is 2. The van der Waals surface area contributed by atoms with E-state index in [2.05, 4.69) is 32.0 Å². The van der Waals surface area contributed by atoms with Crippen LogP contribution in [0.2, 0.25) is 0 Å². The predicted molar refractivity (Wildman–Crippen MR) is 91.4 cm³/mol. The second-order valence-electron chi connectivity index (χ2n) is 6.60. The third-order valence-electron chi connectivity index (χ3n) is 4.47. The SMILES string of the molecule is Cc1cc(C)cc(-c2ccc(C(=O)N3CCC(F)(F)CC3)cc2)c1. The van der Waals surface area contributed by atoms with Crippen LogP contribution in [0.5, 0.6) is 0 Å². The van der Waals surface area contributed by atoms with E-state index in [1.54, 1.807) is 12.1 Å². The number of hydrogen-bond donors (Lipinski definition) is 0. The molecule has 3 rings (SSSR count). The number of aryl methyl sites for hydroxylation is 2. The molecule has 1 aliphatic rings. The van der Waals surface area contributed by atoms with Gasteiger partial charge in [0.2, 0.25) is 0 Å². The first kappa shape index (κ1) is 16.6. The van der Waals surface area contributed by atoms with Crippen LogP contribution in [0.3, 0.4) is 0 Å². The molecule has 1 aliphatic heterocycles. The van der Waals surface area contributed by atoms with Gasteiger partial charge in [0.1, 0.15) is 0 Å². The Bertz CT molecular complexity index is 722. The van der Waals surface area contributed by atoms with Gasteiger partial charge in [-0.05, 0) is 37.1 Å². The molecule has 126 valence electrons. The summed E-state index contributed by atoms with van der Waals surface area (Å²) in [6, 6.07) is 13.7. The minimum absolute atomic E-state index is 0.116. The second-order valence-corrected chi connectivity index (χ2v) is 6.60. The maximum absolute atomic E-state index is 13.2. The first-order valence-corrected chi connectivity index (χ1v) is 8.20. The van der Waals surface area contributed by atoms with Crippen LogP contribution >= 0.6 is 0 Å². The molecule has 1 heterocycles. The standard InChI is InChI=1S/C20H21F2NO/c1-14-11-15(2)13-18(12-14)16-3-5-17(6-4-16)19(24)23-9-7-20(21,22)8-10-23/h3-6,11-13H,7-10H2,1-2H3. The van der Waals surface area contributed by atoms with Crippen LogP contribution in [0.4, 0.5) is 8.78 Å². The Morgan fingerprint density at radius 3 is 2.00 bits per heavy atom. The van der Waals surface area contributed by atoms with Crippen molar-refractivity contribution in [1.29, 1.82) is 0 Å². The summed E-state index contributed by atoms with van der Waals surface area (Å²) in [6.07, 6.45) is -0.501. The average Bonchev–Trinajstić information content (AvgIpc) is 2.53. The molecule has 0 bridgehead atoms. The van der Waals surface area contributed by atoms with Gasteiger partial charge in [-0.1, -0.05) is 41.5 Å². The number of carbonyl (C=O) groups excluding carboxylic acids is 1. The molecule has 0 N–H and O–H groups in total. The van der Waals surface area contributed by atoms with Crippen molar-refractivity contribution in [2.75, 3.05) is 13.1 Å². The molecule has 1 amide bonds. The van der Waals surface area contributed by atoms with E-state index in [9.17, 15) is 13.6 Å². The lowest BCUT2D eigenvalue weighted by Gasteiger charge is -2.31. The molecule has 0 spiro atoms. The highest BCUT2D eigenvalue weighted by molar-refractivity contribution is 5.94. The molecule has 0 unspecified atom stereocenters. The number of amides is 1. The fourth-order valence-corrected chi connectivity index (χ4v) is 3.17. The van der Waals surface area contributed by atoms with Crippen LogP contribution in [-0.2, 0) is 0 Å². The zero-order chi connectivity index (χ0) is 17.3. The molecule has 24 heavy (non-hydrogen) atoms. The molecule has 0 saturated carbocycles. The fraction of sp³-hybridized carbons (Fsp3) is 0.350. The summed E-state index contributed by atoms with van der Waals surface area (Å²) in [7, 11) is 0. The van der Waals surface area contributed by atoms with Gasteiger partial charge in [-0.25, -0.2) is 8.78 Å². The molecule has 2 aromatic rings. The summed E-state index contributed by atoms with van der Waals surface area (Å²) < 4.78 is 26.4. The number of hydrogen-bond acceptors (Lipinski definition) is 1. The maximum Gasteiger partial charge on any atom is 0.253 e. The number of halogens is 2. The van der Waals surface area contributed by atoms with Crippen molar-refractivity contribution >= 4 is 5.91 Å². The Labute approximate surface area is 141 Å². The Morgan fingerprint density at radius 1 is 0.917 bits per heavy atom. The Morgan fingerprint density at radius 2 is 1.46 bits per heavy atom. The number of carbonyl (C=O) groups is 1. The van der Waals surface area contributed by atoms with Crippen LogP contribution in [-0.4, -0.2) is 29.8 Å². The van der Waals surface area contributed by atoms with Gasteiger partial charge in [-0.3, -0.25) is 4.79 Å². The molecule has 0 aromatic heterocycles. The molecule has 0 radical (unpaired) electrons. The molecule has 0 aliphatic carbocycles. The van der Waals surface area contributed by atoms with Crippen molar-refractivity contribution in [3.05, 3.63) is 59.2 Å².